The predicted octanol–water partition coefficient (Wildman–Crippen LogP) is 5.41. The smallest absolute Gasteiger partial charge is 0.400 e. The van der Waals surface area contributed by atoms with E-state index in [2.05, 4.69) is 20.5 Å². The van der Waals surface area contributed by atoms with Crippen molar-refractivity contribution < 1.29 is 27.1 Å². The number of aliphatic imine (C=N–C) groups is 1. The third-order valence-corrected chi connectivity index (χ3v) is 9.43. The number of hydrogen-bond donors (Lipinski definition) is 1. The van der Waals surface area contributed by atoms with E-state index in [9.17, 15) is 18.0 Å². The van der Waals surface area contributed by atoms with Gasteiger partial charge in [-0.15, -0.1) is 5.10 Å². The molecule has 1 saturated carbocycles. The van der Waals surface area contributed by atoms with Crippen LogP contribution in [0.4, 0.5) is 24.2 Å². The van der Waals surface area contributed by atoms with E-state index in [1.54, 1.807) is 0 Å². The molecule has 0 spiro atoms. The second-order valence-corrected chi connectivity index (χ2v) is 12.3. The molecule has 0 bridgehead atoms. The van der Waals surface area contributed by atoms with Crippen molar-refractivity contribution in [3.8, 4) is 11.6 Å². The number of ether oxygens (including phenoxy) is 1. The molecule has 1 saturated heterocycles. The summed E-state index contributed by atoms with van der Waals surface area (Å²) < 4.78 is 53.6. The first-order chi connectivity index (χ1) is 20.6. The molecule has 222 valence electrons. The summed E-state index contributed by atoms with van der Waals surface area (Å²) in [6, 6.07) is 17.1. The minimum Gasteiger partial charge on any atom is -0.402 e. The van der Waals surface area contributed by atoms with Crippen LogP contribution in [0.1, 0.15) is 42.0 Å². The van der Waals surface area contributed by atoms with Gasteiger partial charge in [0.25, 0.3) is 5.89 Å². The van der Waals surface area contributed by atoms with Crippen LogP contribution in [-0.2, 0) is 21.4 Å². The molecule has 0 radical (unpaired) electrons. The fourth-order valence-corrected chi connectivity index (χ4v) is 6.58. The van der Waals surface area contributed by atoms with Gasteiger partial charge in [0.1, 0.15) is 15.4 Å². The molecule has 0 unspecified atom stereocenters. The third-order valence-electron chi connectivity index (χ3n) is 8.01. The number of anilines is 2. The molecule has 1 aliphatic carbocycles. The van der Waals surface area contributed by atoms with Gasteiger partial charge in [-0.3, -0.25) is 9.79 Å². The van der Waals surface area contributed by atoms with E-state index in [4.69, 9.17) is 14.1 Å². The van der Waals surface area contributed by atoms with Crippen molar-refractivity contribution in [1.82, 2.24) is 15.2 Å². The van der Waals surface area contributed by atoms with Crippen LogP contribution in [0.25, 0.3) is 11.6 Å². The van der Waals surface area contributed by atoms with Crippen molar-refractivity contribution in [2.24, 2.45) is 4.99 Å². The van der Waals surface area contributed by atoms with Gasteiger partial charge in [-0.25, -0.2) is 4.98 Å². The highest BCUT2D eigenvalue weighted by atomic mass is 32.1. The highest BCUT2D eigenvalue weighted by Gasteiger charge is 2.53. The number of ketones is 1. The van der Waals surface area contributed by atoms with Crippen molar-refractivity contribution >= 4 is 33.8 Å². The quantitative estimate of drug-likeness (QED) is 0.310. The first-order valence-electron chi connectivity index (χ1n) is 13.9. The third kappa shape index (κ3) is 4.99. The van der Waals surface area contributed by atoms with Gasteiger partial charge >= 0.3 is 12.2 Å². The number of thiazole rings is 1. The molecule has 2 aliphatic heterocycles. The van der Waals surface area contributed by atoms with Crippen LogP contribution in [0.5, 0.6) is 0 Å². The summed E-state index contributed by atoms with van der Waals surface area (Å²) in [6.45, 7) is 3.19. The monoisotopic (exact) mass is 608 g/mol. The van der Waals surface area contributed by atoms with Crippen LogP contribution < -0.4 is 10.2 Å². The summed E-state index contributed by atoms with van der Waals surface area (Å²) in [5.74, 6) is -0.243. The summed E-state index contributed by atoms with van der Waals surface area (Å²) in [5, 5.41) is 11.6. The van der Waals surface area contributed by atoms with Crippen molar-refractivity contribution in [3.63, 3.8) is 0 Å². The van der Waals surface area contributed by atoms with E-state index in [-0.39, 0.29) is 47.0 Å². The Balaban J connectivity index is 1.24. The fourth-order valence-electron chi connectivity index (χ4n) is 5.32. The Labute approximate surface area is 248 Å². The SMILES string of the molecule is CC(C)(c1nc(-c2nnc(N[C@H]3N=C(c4ccccc4)c4ccccc4CC3=O)o2)c(N2CCO[C@H]3C[C@H]32)s1)C(F)(F)F. The van der Waals surface area contributed by atoms with Gasteiger partial charge in [-0.2, -0.15) is 13.2 Å². The number of benzene rings is 2. The maximum atomic E-state index is 14.0. The van der Waals surface area contributed by atoms with Crippen LogP contribution in [0, 0.1) is 0 Å². The molecule has 2 aromatic heterocycles. The van der Waals surface area contributed by atoms with Gasteiger partial charge in [0, 0.05) is 24.1 Å². The number of nitrogens with one attached hydrogen (secondary N) is 1. The molecule has 3 atom stereocenters. The normalized spacial score (nSPS) is 22.0. The lowest BCUT2D eigenvalue weighted by Gasteiger charge is -2.28. The van der Waals surface area contributed by atoms with Crippen molar-refractivity contribution in [2.75, 3.05) is 23.4 Å². The Hall–Kier alpha value is -4.10. The topological polar surface area (TPSA) is 106 Å². The van der Waals surface area contributed by atoms with Gasteiger partial charge < -0.3 is 19.4 Å². The minimum atomic E-state index is -4.51. The zero-order valence-corrected chi connectivity index (χ0v) is 24.1. The molecule has 3 aliphatic rings. The second kappa shape index (κ2) is 10.3. The lowest BCUT2D eigenvalue weighted by atomic mass is 9.94. The van der Waals surface area contributed by atoms with Crippen molar-refractivity contribution in [1.29, 1.82) is 0 Å². The van der Waals surface area contributed by atoms with Gasteiger partial charge in [0.15, 0.2) is 17.6 Å². The van der Waals surface area contributed by atoms with E-state index in [1.807, 2.05) is 59.5 Å². The van der Waals surface area contributed by atoms with E-state index in [0.29, 0.717) is 23.9 Å². The van der Waals surface area contributed by atoms with Crippen LogP contribution in [0.3, 0.4) is 0 Å². The lowest BCUT2D eigenvalue weighted by Crippen LogP contribution is -2.36. The number of hydrogen-bond acceptors (Lipinski definition) is 10. The molecule has 4 heterocycles. The highest BCUT2D eigenvalue weighted by Crippen LogP contribution is 2.49. The average molecular weight is 609 g/mol. The number of nitrogens with zero attached hydrogens (tertiary/aromatic N) is 5. The first-order valence-corrected chi connectivity index (χ1v) is 14.7. The van der Waals surface area contributed by atoms with E-state index < -0.39 is 17.8 Å². The summed E-state index contributed by atoms with van der Waals surface area (Å²) in [5.41, 5.74) is 1.18. The number of alkyl halides is 3. The van der Waals surface area contributed by atoms with Crippen molar-refractivity contribution in [3.05, 3.63) is 76.3 Å². The van der Waals surface area contributed by atoms with Crippen LogP contribution in [-0.4, -0.2) is 64.3 Å². The Kier molecular flexibility index (Phi) is 6.62. The Morgan fingerprint density at radius 2 is 1.81 bits per heavy atom. The van der Waals surface area contributed by atoms with Gasteiger partial charge in [-0.1, -0.05) is 71.0 Å². The van der Waals surface area contributed by atoms with E-state index >= 15 is 0 Å². The molecule has 9 nitrogen and oxygen atoms in total. The Morgan fingerprint density at radius 1 is 1.05 bits per heavy atom. The molecule has 7 rings (SSSR count). The first kappa shape index (κ1) is 27.7. The van der Waals surface area contributed by atoms with Gasteiger partial charge in [0.05, 0.1) is 24.5 Å². The summed E-state index contributed by atoms with van der Waals surface area (Å²) in [6.07, 6.45) is -4.57. The van der Waals surface area contributed by atoms with Gasteiger partial charge in [0.2, 0.25) is 0 Å². The maximum absolute atomic E-state index is 14.0. The number of fused-ring (bicyclic) bond motifs is 2. The molecule has 43 heavy (non-hydrogen) atoms. The molecule has 13 heteroatoms. The Morgan fingerprint density at radius 3 is 2.60 bits per heavy atom. The molecule has 2 fully saturated rings. The standard InChI is InChI=1S/C30H27F3N6O3S/c1-29(2,30(31,32)33)27-35-23(26(43-27)39-12-13-41-21-15-19(21)39)25-37-38-28(42-25)36-24-20(40)14-17-10-6-7-11-18(17)22(34-24)16-8-4-3-5-9-16/h3-11,19,21,24H,12-15H2,1-2H3,(H,36,38)/t19-,21+,24-/m1/s1. The summed E-state index contributed by atoms with van der Waals surface area (Å²) in [7, 11) is 0. The number of aromatic nitrogens is 3. The molecule has 4 aromatic rings. The second-order valence-electron chi connectivity index (χ2n) is 11.3. The van der Waals surface area contributed by atoms with Gasteiger partial charge in [-0.05, 0) is 25.8 Å². The maximum Gasteiger partial charge on any atom is 0.400 e. The summed E-state index contributed by atoms with van der Waals surface area (Å²) in [4.78, 5) is 24.6. The molecule has 1 N–H and O–H groups in total. The number of carbonyl (C=O) groups excluding carboxylic acids is 1. The molecule has 0 amide bonds. The Bertz CT molecular complexity index is 1720. The number of carbonyl (C=O) groups is 1. The fraction of sp³-hybridized carbons (Fsp3) is 0.367. The minimum absolute atomic E-state index is 0.0433. The average Bonchev–Trinajstić information content (AvgIpc) is 3.47. The van der Waals surface area contributed by atoms with E-state index in [1.165, 1.54) is 0 Å². The molecule has 2 aromatic carbocycles. The van der Waals surface area contributed by atoms with Crippen LogP contribution >= 0.6 is 11.3 Å². The largest absolute Gasteiger partial charge is 0.402 e. The zero-order chi connectivity index (χ0) is 29.9. The number of Topliss-reactive ketones (excluding diaryl/α,β-unsaturated/α-hetero) is 1. The van der Waals surface area contributed by atoms with Crippen molar-refractivity contribution in [2.45, 2.75) is 56.6 Å². The van der Waals surface area contributed by atoms with E-state index in [0.717, 1.165) is 48.3 Å². The summed E-state index contributed by atoms with van der Waals surface area (Å²) >= 11 is 0.979. The predicted molar refractivity (Wildman–Crippen MR) is 155 cm³/mol. The number of morpholine rings is 1. The zero-order valence-electron chi connectivity index (χ0n) is 23.3. The number of rotatable bonds is 6. The number of halogens is 3. The highest BCUT2D eigenvalue weighted by molar-refractivity contribution is 7.16. The van der Waals surface area contributed by atoms with Crippen LogP contribution in [0.15, 0.2) is 64.0 Å². The molecular weight excluding hydrogens is 581 g/mol. The van der Waals surface area contributed by atoms with Crippen LogP contribution in [0.2, 0.25) is 0 Å². The lowest BCUT2D eigenvalue weighted by molar-refractivity contribution is -0.180. The molecular formula is C30H27F3N6O3S.